The topological polar surface area (TPSA) is 70.2 Å². The Labute approximate surface area is 160 Å². The summed E-state index contributed by atoms with van der Waals surface area (Å²) in [7, 11) is 0. The van der Waals surface area contributed by atoms with E-state index in [0.29, 0.717) is 23.0 Å². The molecule has 0 saturated carbocycles. The Morgan fingerprint density at radius 2 is 1.69 bits per heavy atom. The highest BCUT2D eigenvalue weighted by Crippen LogP contribution is 2.25. The van der Waals surface area contributed by atoms with E-state index in [2.05, 4.69) is 16.0 Å². The first-order chi connectivity index (χ1) is 12.5. The van der Waals surface area contributed by atoms with Crippen LogP contribution >= 0.6 is 23.2 Å². The van der Waals surface area contributed by atoms with E-state index >= 15 is 0 Å². The lowest BCUT2D eigenvalue weighted by Crippen LogP contribution is -2.42. The van der Waals surface area contributed by atoms with Crippen LogP contribution in [0.4, 0.5) is 9.18 Å². The van der Waals surface area contributed by atoms with E-state index in [0.717, 1.165) is 11.1 Å². The molecule has 0 aromatic heterocycles. The van der Waals surface area contributed by atoms with Crippen molar-refractivity contribution in [3.05, 3.63) is 69.5 Å². The van der Waals surface area contributed by atoms with Gasteiger partial charge in [-0.25, -0.2) is 9.18 Å². The predicted molar refractivity (Wildman–Crippen MR) is 99.8 cm³/mol. The van der Waals surface area contributed by atoms with Crippen molar-refractivity contribution in [2.24, 2.45) is 0 Å². The molecule has 138 valence electrons. The molecule has 8 heteroatoms. The molecule has 0 saturated heterocycles. The number of nitrogens with one attached hydrogen (secondary N) is 3. The monoisotopic (exact) mass is 397 g/mol. The number of halogens is 3. The van der Waals surface area contributed by atoms with Crippen molar-refractivity contribution in [1.82, 2.24) is 16.0 Å². The number of hydrogen-bond acceptors (Lipinski definition) is 2. The highest BCUT2D eigenvalue weighted by molar-refractivity contribution is 6.42. The van der Waals surface area contributed by atoms with E-state index < -0.39 is 6.03 Å². The van der Waals surface area contributed by atoms with Crippen molar-refractivity contribution in [2.75, 3.05) is 13.1 Å². The quantitative estimate of drug-likeness (QED) is 0.670. The van der Waals surface area contributed by atoms with Crippen molar-refractivity contribution in [2.45, 2.75) is 13.0 Å². The Balaban J connectivity index is 1.64. The summed E-state index contributed by atoms with van der Waals surface area (Å²) in [5.41, 5.74) is 1.59. The second-order valence-electron chi connectivity index (χ2n) is 5.48. The molecule has 0 aliphatic carbocycles. The lowest BCUT2D eigenvalue weighted by molar-refractivity contribution is -0.120. The Kier molecular flexibility index (Phi) is 7.69. The first-order valence-corrected chi connectivity index (χ1v) is 8.67. The first kappa shape index (κ1) is 20.0. The van der Waals surface area contributed by atoms with Gasteiger partial charge in [-0.15, -0.1) is 0 Å². The van der Waals surface area contributed by atoms with E-state index in [4.69, 9.17) is 23.2 Å². The van der Waals surface area contributed by atoms with Crippen LogP contribution in [0.1, 0.15) is 11.1 Å². The number of rotatable bonds is 7. The number of carbonyl (C=O) groups is 2. The molecule has 2 rings (SSSR count). The van der Waals surface area contributed by atoms with Crippen molar-refractivity contribution in [3.63, 3.8) is 0 Å². The van der Waals surface area contributed by atoms with Gasteiger partial charge in [-0.3, -0.25) is 4.79 Å². The van der Waals surface area contributed by atoms with Gasteiger partial charge in [0.2, 0.25) is 5.91 Å². The third-order valence-electron chi connectivity index (χ3n) is 3.52. The third kappa shape index (κ3) is 6.54. The number of urea groups is 1. The largest absolute Gasteiger partial charge is 0.354 e. The van der Waals surface area contributed by atoms with Gasteiger partial charge < -0.3 is 16.0 Å². The third-order valence-corrected chi connectivity index (χ3v) is 4.38. The predicted octanol–water partition coefficient (Wildman–Crippen LogP) is 3.29. The molecule has 2 aromatic carbocycles. The maximum Gasteiger partial charge on any atom is 0.315 e. The van der Waals surface area contributed by atoms with Crippen molar-refractivity contribution >= 4 is 35.1 Å². The van der Waals surface area contributed by atoms with Crippen LogP contribution in [-0.2, 0) is 17.8 Å². The SMILES string of the molecule is O=C(CNC(=O)NCc1ccc(F)cc1)NCCc1cccc(Cl)c1Cl. The molecule has 0 heterocycles. The molecule has 0 atom stereocenters. The van der Waals surface area contributed by atoms with Gasteiger partial charge in [0.05, 0.1) is 16.6 Å². The smallest absolute Gasteiger partial charge is 0.315 e. The van der Waals surface area contributed by atoms with Gasteiger partial charge in [-0.2, -0.15) is 0 Å². The highest BCUT2D eigenvalue weighted by atomic mass is 35.5. The second-order valence-corrected chi connectivity index (χ2v) is 6.26. The van der Waals surface area contributed by atoms with Crippen LogP contribution in [0, 0.1) is 5.82 Å². The number of hydrogen-bond donors (Lipinski definition) is 3. The van der Waals surface area contributed by atoms with Crippen LogP contribution in [0.2, 0.25) is 10.0 Å². The summed E-state index contributed by atoms with van der Waals surface area (Å²) in [5, 5.41) is 8.66. The molecule has 0 aliphatic rings. The van der Waals surface area contributed by atoms with E-state index in [9.17, 15) is 14.0 Å². The molecule has 0 fully saturated rings. The Morgan fingerprint density at radius 1 is 0.962 bits per heavy atom. The van der Waals surface area contributed by atoms with Crippen LogP contribution in [0.3, 0.4) is 0 Å². The molecule has 0 radical (unpaired) electrons. The number of carbonyl (C=O) groups excluding carboxylic acids is 2. The molecule has 0 spiro atoms. The molecular weight excluding hydrogens is 380 g/mol. The lowest BCUT2D eigenvalue weighted by atomic mass is 10.1. The van der Waals surface area contributed by atoms with Crippen LogP contribution in [0.15, 0.2) is 42.5 Å². The summed E-state index contributed by atoms with van der Waals surface area (Å²) in [6, 6.07) is 10.6. The van der Waals surface area contributed by atoms with Gasteiger partial charge in [-0.05, 0) is 35.7 Å². The van der Waals surface area contributed by atoms with Gasteiger partial charge in [0.1, 0.15) is 5.82 Å². The van der Waals surface area contributed by atoms with Crippen LogP contribution in [0.5, 0.6) is 0 Å². The van der Waals surface area contributed by atoms with E-state index in [1.54, 1.807) is 24.3 Å². The van der Waals surface area contributed by atoms with Crippen molar-refractivity contribution in [1.29, 1.82) is 0 Å². The Morgan fingerprint density at radius 3 is 2.42 bits per heavy atom. The summed E-state index contributed by atoms with van der Waals surface area (Å²) < 4.78 is 12.8. The van der Waals surface area contributed by atoms with Gasteiger partial charge in [-0.1, -0.05) is 47.5 Å². The Bertz CT molecular complexity index is 770. The zero-order valence-electron chi connectivity index (χ0n) is 13.8. The molecule has 2 aromatic rings. The normalized spacial score (nSPS) is 10.3. The molecule has 0 aliphatic heterocycles. The number of amides is 3. The summed E-state index contributed by atoms with van der Waals surface area (Å²) in [5.74, 6) is -0.658. The van der Waals surface area contributed by atoms with E-state index in [1.807, 2.05) is 6.07 Å². The van der Waals surface area contributed by atoms with E-state index in [-0.39, 0.29) is 24.8 Å². The minimum atomic E-state index is -0.484. The van der Waals surface area contributed by atoms with Crippen LogP contribution in [0.25, 0.3) is 0 Å². The van der Waals surface area contributed by atoms with Gasteiger partial charge in [0.15, 0.2) is 0 Å². The minimum Gasteiger partial charge on any atom is -0.354 e. The fourth-order valence-corrected chi connectivity index (χ4v) is 2.56. The lowest BCUT2D eigenvalue weighted by Gasteiger charge is -2.09. The van der Waals surface area contributed by atoms with Crippen molar-refractivity contribution < 1.29 is 14.0 Å². The average Bonchev–Trinajstić information content (AvgIpc) is 2.63. The maximum absolute atomic E-state index is 12.8. The van der Waals surface area contributed by atoms with Gasteiger partial charge >= 0.3 is 6.03 Å². The molecule has 3 N–H and O–H groups in total. The van der Waals surface area contributed by atoms with Gasteiger partial charge in [0, 0.05) is 13.1 Å². The Hall–Kier alpha value is -2.31. The average molecular weight is 398 g/mol. The van der Waals surface area contributed by atoms with Crippen LogP contribution < -0.4 is 16.0 Å². The molecule has 0 bridgehead atoms. The molecule has 3 amide bonds. The molecule has 5 nitrogen and oxygen atoms in total. The van der Waals surface area contributed by atoms with Gasteiger partial charge in [0.25, 0.3) is 0 Å². The summed E-state index contributed by atoms with van der Waals surface area (Å²) in [6.45, 7) is 0.456. The zero-order chi connectivity index (χ0) is 18.9. The molecular formula is C18H18Cl2FN3O2. The van der Waals surface area contributed by atoms with Crippen LogP contribution in [-0.4, -0.2) is 25.0 Å². The second kappa shape index (κ2) is 9.99. The first-order valence-electron chi connectivity index (χ1n) is 7.91. The fraction of sp³-hybridized carbons (Fsp3) is 0.222. The number of benzene rings is 2. The molecule has 0 unspecified atom stereocenters. The van der Waals surface area contributed by atoms with E-state index in [1.165, 1.54) is 12.1 Å². The fourth-order valence-electron chi connectivity index (χ4n) is 2.15. The summed E-state index contributed by atoms with van der Waals surface area (Å²) >= 11 is 12.0. The summed E-state index contributed by atoms with van der Waals surface area (Å²) in [6.07, 6.45) is 0.530. The summed E-state index contributed by atoms with van der Waals surface area (Å²) in [4.78, 5) is 23.4. The standard InChI is InChI=1S/C18H18Cl2FN3O2/c19-15-3-1-2-13(17(15)20)8-9-22-16(25)11-24-18(26)23-10-12-4-6-14(21)7-5-12/h1-7H,8-11H2,(H,22,25)(H2,23,24,26). The maximum atomic E-state index is 12.8. The minimum absolute atomic E-state index is 0.154. The molecule has 26 heavy (non-hydrogen) atoms. The van der Waals surface area contributed by atoms with Crippen molar-refractivity contribution in [3.8, 4) is 0 Å². The highest BCUT2D eigenvalue weighted by Gasteiger charge is 2.07. The zero-order valence-corrected chi connectivity index (χ0v) is 15.3.